The monoisotopic (exact) mass is 250 g/mol. The fraction of sp³-hybridized carbons (Fsp3) is 0.308. The van der Waals surface area contributed by atoms with Crippen LogP contribution < -0.4 is 4.74 Å². The fourth-order valence-corrected chi connectivity index (χ4v) is 1.68. The Morgan fingerprint density at radius 3 is 2.89 bits per heavy atom. The van der Waals surface area contributed by atoms with Crippen molar-refractivity contribution >= 4 is 16.9 Å². The molecule has 2 aromatic rings. The third-order valence-corrected chi connectivity index (χ3v) is 2.59. The SMILES string of the molecule is O=C(O)c1cc(OCCCCO)c2ccoc2c1. The van der Waals surface area contributed by atoms with Gasteiger partial charge in [0, 0.05) is 6.61 Å². The number of benzene rings is 1. The number of carboxylic acids is 1. The Morgan fingerprint density at radius 1 is 1.33 bits per heavy atom. The minimum Gasteiger partial charge on any atom is -0.493 e. The number of carbonyl (C=O) groups is 1. The second-order valence-corrected chi connectivity index (χ2v) is 3.89. The minimum atomic E-state index is -1.02. The summed E-state index contributed by atoms with van der Waals surface area (Å²) in [6.07, 6.45) is 2.87. The van der Waals surface area contributed by atoms with Crippen molar-refractivity contribution in [3.8, 4) is 5.75 Å². The van der Waals surface area contributed by atoms with Gasteiger partial charge < -0.3 is 19.4 Å². The van der Waals surface area contributed by atoms with E-state index < -0.39 is 5.97 Å². The molecule has 0 saturated heterocycles. The van der Waals surface area contributed by atoms with Gasteiger partial charge in [0.1, 0.15) is 11.3 Å². The quantitative estimate of drug-likeness (QED) is 0.769. The molecule has 0 unspecified atom stereocenters. The summed E-state index contributed by atoms with van der Waals surface area (Å²) in [5, 5.41) is 18.4. The van der Waals surface area contributed by atoms with Crippen LogP contribution in [0.2, 0.25) is 0 Å². The number of hydrogen-bond acceptors (Lipinski definition) is 4. The van der Waals surface area contributed by atoms with Crippen LogP contribution in [0, 0.1) is 0 Å². The number of carboxylic acid groups (broad SMARTS) is 1. The highest BCUT2D eigenvalue weighted by Crippen LogP contribution is 2.28. The number of ether oxygens (including phenoxy) is 1. The van der Waals surface area contributed by atoms with Gasteiger partial charge in [-0.05, 0) is 31.0 Å². The van der Waals surface area contributed by atoms with Gasteiger partial charge >= 0.3 is 5.97 Å². The van der Waals surface area contributed by atoms with Gasteiger partial charge in [0.25, 0.3) is 0 Å². The van der Waals surface area contributed by atoms with Gasteiger partial charge in [-0.1, -0.05) is 0 Å². The largest absolute Gasteiger partial charge is 0.493 e. The van der Waals surface area contributed by atoms with Crippen LogP contribution in [-0.2, 0) is 0 Å². The van der Waals surface area contributed by atoms with E-state index in [-0.39, 0.29) is 12.2 Å². The zero-order valence-electron chi connectivity index (χ0n) is 9.76. The first-order chi connectivity index (χ1) is 8.72. The molecule has 0 atom stereocenters. The molecule has 0 saturated carbocycles. The molecule has 1 aromatic heterocycles. The van der Waals surface area contributed by atoms with Crippen LogP contribution >= 0.6 is 0 Å². The van der Waals surface area contributed by atoms with E-state index in [2.05, 4.69) is 0 Å². The lowest BCUT2D eigenvalue weighted by molar-refractivity contribution is 0.0696. The maximum absolute atomic E-state index is 11.0. The smallest absolute Gasteiger partial charge is 0.335 e. The number of hydrogen-bond donors (Lipinski definition) is 2. The summed E-state index contributed by atoms with van der Waals surface area (Å²) in [6.45, 7) is 0.559. The van der Waals surface area contributed by atoms with Crippen molar-refractivity contribution in [3.63, 3.8) is 0 Å². The van der Waals surface area contributed by atoms with Gasteiger partial charge in [0.15, 0.2) is 0 Å². The van der Waals surface area contributed by atoms with Crippen molar-refractivity contribution in [1.82, 2.24) is 0 Å². The predicted octanol–water partition coefficient (Wildman–Crippen LogP) is 2.28. The van der Waals surface area contributed by atoms with E-state index in [0.29, 0.717) is 30.8 Å². The number of aliphatic hydroxyl groups is 1. The summed E-state index contributed by atoms with van der Waals surface area (Å²) < 4.78 is 10.7. The predicted molar refractivity (Wildman–Crippen MR) is 65.0 cm³/mol. The van der Waals surface area contributed by atoms with Gasteiger partial charge in [-0.25, -0.2) is 4.79 Å². The number of aromatic carboxylic acids is 1. The highest BCUT2D eigenvalue weighted by Gasteiger charge is 2.11. The van der Waals surface area contributed by atoms with E-state index in [4.69, 9.17) is 19.4 Å². The number of fused-ring (bicyclic) bond motifs is 1. The molecular weight excluding hydrogens is 236 g/mol. The maximum atomic E-state index is 11.0. The van der Waals surface area contributed by atoms with Crippen molar-refractivity contribution in [3.05, 3.63) is 30.0 Å². The summed E-state index contributed by atoms with van der Waals surface area (Å²) in [7, 11) is 0. The van der Waals surface area contributed by atoms with Crippen molar-refractivity contribution in [1.29, 1.82) is 0 Å². The second-order valence-electron chi connectivity index (χ2n) is 3.89. The maximum Gasteiger partial charge on any atom is 0.335 e. The Kier molecular flexibility index (Phi) is 3.84. The third-order valence-electron chi connectivity index (χ3n) is 2.59. The lowest BCUT2D eigenvalue weighted by Gasteiger charge is -2.07. The van der Waals surface area contributed by atoms with Gasteiger partial charge in [0.05, 0.1) is 23.8 Å². The van der Waals surface area contributed by atoms with Crippen LogP contribution in [0.1, 0.15) is 23.2 Å². The lowest BCUT2D eigenvalue weighted by atomic mass is 10.1. The lowest BCUT2D eigenvalue weighted by Crippen LogP contribution is -2.01. The molecule has 18 heavy (non-hydrogen) atoms. The summed E-state index contributed by atoms with van der Waals surface area (Å²) in [4.78, 5) is 11.0. The first-order valence-corrected chi connectivity index (χ1v) is 5.70. The molecule has 1 aromatic carbocycles. The normalized spacial score (nSPS) is 10.7. The minimum absolute atomic E-state index is 0.125. The molecule has 0 aliphatic rings. The zero-order valence-corrected chi connectivity index (χ0v) is 9.76. The van der Waals surface area contributed by atoms with Gasteiger partial charge in [-0.15, -0.1) is 0 Å². The van der Waals surface area contributed by atoms with Crippen LogP contribution in [0.3, 0.4) is 0 Å². The van der Waals surface area contributed by atoms with Gasteiger partial charge in [-0.2, -0.15) is 0 Å². The molecule has 5 heteroatoms. The van der Waals surface area contributed by atoms with Crippen LogP contribution in [0.5, 0.6) is 5.75 Å². The average molecular weight is 250 g/mol. The Morgan fingerprint density at radius 2 is 2.17 bits per heavy atom. The first kappa shape index (κ1) is 12.4. The molecule has 0 aliphatic carbocycles. The standard InChI is InChI=1S/C13H14O5/c14-4-1-2-5-17-11-7-9(13(15)16)8-12-10(11)3-6-18-12/h3,6-8,14H,1-2,4-5H2,(H,15,16). The number of aliphatic hydroxyl groups excluding tert-OH is 1. The Labute approximate surface area is 104 Å². The van der Waals surface area contributed by atoms with Crippen molar-refractivity contribution in [2.75, 3.05) is 13.2 Å². The molecule has 0 bridgehead atoms. The number of rotatable bonds is 6. The van der Waals surface area contributed by atoms with Crippen LogP contribution in [0.25, 0.3) is 11.0 Å². The molecule has 0 radical (unpaired) electrons. The second kappa shape index (κ2) is 5.55. The Hall–Kier alpha value is -2.01. The first-order valence-electron chi connectivity index (χ1n) is 5.70. The number of unbranched alkanes of at least 4 members (excludes halogenated alkanes) is 1. The molecule has 2 rings (SSSR count). The molecular formula is C13H14O5. The molecule has 2 N–H and O–H groups in total. The molecule has 0 spiro atoms. The fourth-order valence-electron chi connectivity index (χ4n) is 1.68. The van der Waals surface area contributed by atoms with E-state index in [9.17, 15) is 4.79 Å². The molecule has 1 heterocycles. The average Bonchev–Trinajstić information content (AvgIpc) is 2.82. The third kappa shape index (κ3) is 2.62. The molecule has 0 fully saturated rings. The van der Waals surface area contributed by atoms with Crippen molar-refractivity contribution in [2.24, 2.45) is 0 Å². The summed E-state index contributed by atoms with van der Waals surface area (Å²) in [5.74, 6) is -0.523. The van der Waals surface area contributed by atoms with Crippen molar-refractivity contribution < 1.29 is 24.2 Å². The summed E-state index contributed by atoms with van der Waals surface area (Å²) in [5.41, 5.74) is 0.627. The van der Waals surface area contributed by atoms with Gasteiger partial charge in [0.2, 0.25) is 0 Å². The van der Waals surface area contributed by atoms with Crippen LogP contribution in [0.15, 0.2) is 28.9 Å². The van der Waals surface area contributed by atoms with E-state index in [1.807, 2.05) is 0 Å². The Balaban J connectivity index is 2.23. The van der Waals surface area contributed by atoms with Crippen molar-refractivity contribution in [2.45, 2.75) is 12.8 Å². The van der Waals surface area contributed by atoms with E-state index in [1.165, 1.54) is 18.4 Å². The topological polar surface area (TPSA) is 79.9 Å². The highest BCUT2D eigenvalue weighted by molar-refractivity contribution is 5.95. The van der Waals surface area contributed by atoms with E-state index >= 15 is 0 Å². The van der Waals surface area contributed by atoms with E-state index in [0.717, 1.165) is 5.39 Å². The molecule has 0 aliphatic heterocycles. The zero-order chi connectivity index (χ0) is 13.0. The van der Waals surface area contributed by atoms with Gasteiger partial charge in [-0.3, -0.25) is 0 Å². The summed E-state index contributed by atoms with van der Waals surface area (Å²) >= 11 is 0. The van der Waals surface area contributed by atoms with Crippen LogP contribution in [0.4, 0.5) is 0 Å². The molecule has 96 valence electrons. The highest BCUT2D eigenvalue weighted by atomic mass is 16.5. The number of furan rings is 1. The van der Waals surface area contributed by atoms with E-state index in [1.54, 1.807) is 6.07 Å². The summed E-state index contributed by atoms with van der Waals surface area (Å²) in [6, 6.07) is 4.69. The molecule has 0 amide bonds. The Bertz CT molecular complexity index is 543. The molecule has 5 nitrogen and oxygen atoms in total. The van der Waals surface area contributed by atoms with Crippen LogP contribution in [-0.4, -0.2) is 29.4 Å².